The molecule has 2 aromatic carbocycles. The van der Waals surface area contributed by atoms with E-state index in [2.05, 4.69) is 5.32 Å². The van der Waals surface area contributed by atoms with Crippen molar-refractivity contribution >= 4 is 41.2 Å². The van der Waals surface area contributed by atoms with Gasteiger partial charge in [-0.25, -0.2) is 9.69 Å². The molecule has 1 saturated heterocycles. The molecule has 126 valence electrons. The number of barbiturate groups is 1. The second-order valence-electron chi connectivity index (χ2n) is 5.21. The van der Waals surface area contributed by atoms with Crippen molar-refractivity contribution in [2.24, 2.45) is 0 Å². The Labute approximate surface area is 148 Å². The van der Waals surface area contributed by atoms with Gasteiger partial charge in [-0.05, 0) is 48.0 Å². The number of nitrogens with one attached hydrogen (secondary N) is 1. The highest BCUT2D eigenvalue weighted by Crippen LogP contribution is 2.24. The Kier molecular flexibility index (Phi) is 4.54. The molecule has 1 fully saturated rings. The van der Waals surface area contributed by atoms with Crippen LogP contribution < -0.4 is 15.0 Å². The predicted molar refractivity (Wildman–Crippen MR) is 93.4 cm³/mol. The lowest BCUT2D eigenvalue weighted by Gasteiger charge is -2.26. The molecule has 6 nitrogen and oxygen atoms in total. The van der Waals surface area contributed by atoms with Crippen LogP contribution >= 0.6 is 11.6 Å². The molecule has 1 aliphatic heterocycles. The van der Waals surface area contributed by atoms with Crippen LogP contribution in [0.3, 0.4) is 0 Å². The molecule has 1 aliphatic rings. The standard InChI is InChI=1S/C18H13ClN2O4/c1-25-14-8-2-11(3-9-14)10-15-16(22)20-18(24)21(17(15)23)13-6-4-12(19)5-7-13/h2-10H,1H3,(H,20,22,24)/b15-10-. The number of anilines is 1. The van der Waals surface area contributed by atoms with Crippen LogP contribution in [0.5, 0.6) is 5.75 Å². The molecule has 0 aromatic heterocycles. The predicted octanol–water partition coefficient (Wildman–Crippen LogP) is 3.02. The fourth-order valence-electron chi connectivity index (χ4n) is 2.35. The lowest BCUT2D eigenvalue weighted by molar-refractivity contribution is -0.122. The minimum Gasteiger partial charge on any atom is -0.497 e. The maximum atomic E-state index is 12.7. The number of methoxy groups -OCH3 is 1. The minimum absolute atomic E-state index is 0.139. The Morgan fingerprint density at radius 1 is 1.00 bits per heavy atom. The number of benzene rings is 2. The number of hydrogen-bond acceptors (Lipinski definition) is 4. The topological polar surface area (TPSA) is 75.7 Å². The molecule has 0 atom stereocenters. The second kappa shape index (κ2) is 6.78. The van der Waals surface area contributed by atoms with Crippen molar-refractivity contribution in [3.8, 4) is 5.75 Å². The first-order valence-corrected chi connectivity index (χ1v) is 7.68. The number of ether oxygens (including phenoxy) is 1. The van der Waals surface area contributed by atoms with Gasteiger partial charge < -0.3 is 4.74 Å². The van der Waals surface area contributed by atoms with E-state index in [0.29, 0.717) is 22.0 Å². The maximum absolute atomic E-state index is 12.7. The van der Waals surface area contributed by atoms with E-state index in [4.69, 9.17) is 16.3 Å². The first-order valence-electron chi connectivity index (χ1n) is 7.30. The monoisotopic (exact) mass is 356 g/mol. The third-order valence-corrected chi connectivity index (χ3v) is 3.87. The van der Waals surface area contributed by atoms with E-state index in [1.165, 1.54) is 18.2 Å². The van der Waals surface area contributed by atoms with Crippen LogP contribution in [-0.4, -0.2) is 25.0 Å². The Bertz CT molecular complexity index is 873. The molecule has 7 heteroatoms. The smallest absolute Gasteiger partial charge is 0.335 e. The number of imide groups is 2. The van der Waals surface area contributed by atoms with Gasteiger partial charge in [0.15, 0.2) is 0 Å². The number of hydrogen-bond donors (Lipinski definition) is 1. The quantitative estimate of drug-likeness (QED) is 0.677. The molecule has 4 amide bonds. The molecule has 2 aromatic rings. The number of carbonyl (C=O) groups excluding carboxylic acids is 3. The lowest BCUT2D eigenvalue weighted by atomic mass is 10.1. The van der Waals surface area contributed by atoms with Crippen molar-refractivity contribution in [2.45, 2.75) is 0 Å². The summed E-state index contributed by atoms with van der Waals surface area (Å²) in [6, 6.07) is 12.2. The van der Waals surface area contributed by atoms with Crippen LogP contribution in [0.4, 0.5) is 10.5 Å². The van der Waals surface area contributed by atoms with Gasteiger partial charge >= 0.3 is 6.03 Å². The fraction of sp³-hybridized carbons (Fsp3) is 0.0556. The summed E-state index contributed by atoms with van der Waals surface area (Å²) >= 11 is 5.83. The third kappa shape index (κ3) is 3.39. The summed E-state index contributed by atoms with van der Waals surface area (Å²) in [7, 11) is 1.54. The highest BCUT2D eigenvalue weighted by atomic mass is 35.5. The van der Waals surface area contributed by atoms with Crippen LogP contribution in [0.1, 0.15) is 5.56 Å². The minimum atomic E-state index is -0.802. The summed E-state index contributed by atoms with van der Waals surface area (Å²) in [5.41, 5.74) is 0.810. The van der Waals surface area contributed by atoms with Crippen LogP contribution in [0.15, 0.2) is 54.1 Å². The number of halogens is 1. The first-order chi connectivity index (χ1) is 12.0. The Morgan fingerprint density at radius 3 is 2.24 bits per heavy atom. The van der Waals surface area contributed by atoms with Crippen LogP contribution in [0.2, 0.25) is 5.02 Å². The summed E-state index contributed by atoms with van der Waals surface area (Å²) in [4.78, 5) is 37.7. The van der Waals surface area contributed by atoms with Gasteiger partial charge in [0.05, 0.1) is 12.8 Å². The zero-order chi connectivity index (χ0) is 18.0. The van der Waals surface area contributed by atoms with E-state index < -0.39 is 17.8 Å². The molecule has 0 unspecified atom stereocenters. The van der Waals surface area contributed by atoms with Crippen molar-refractivity contribution in [1.29, 1.82) is 0 Å². The molecule has 0 spiro atoms. The zero-order valence-electron chi connectivity index (χ0n) is 13.2. The summed E-state index contributed by atoms with van der Waals surface area (Å²) < 4.78 is 5.07. The second-order valence-corrected chi connectivity index (χ2v) is 5.64. The summed E-state index contributed by atoms with van der Waals surface area (Å²) in [6.45, 7) is 0. The van der Waals surface area contributed by atoms with Crippen molar-refractivity contribution in [2.75, 3.05) is 12.0 Å². The van der Waals surface area contributed by atoms with Gasteiger partial charge in [0.1, 0.15) is 11.3 Å². The summed E-state index contributed by atoms with van der Waals surface area (Å²) in [5.74, 6) is -0.789. The van der Waals surface area contributed by atoms with Gasteiger partial charge in [-0.15, -0.1) is 0 Å². The molecule has 0 bridgehead atoms. The first kappa shape index (κ1) is 16.7. The molecule has 1 N–H and O–H groups in total. The van der Waals surface area contributed by atoms with Crippen molar-refractivity contribution in [3.63, 3.8) is 0 Å². The molecule has 3 rings (SSSR count). The third-order valence-electron chi connectivity index (χ3n) is 3.61. The Balaban J connectivity index is 1.97. The van der Waals surface area contributed by atoms with Crippen molar-refractivity contribution < 1.29 is 19.1 Å². The van der Waals surface area contributed by atoms with Crippen LogP contribution in [-0.2, 0) is 9.59 Å². The molecule has 1 heterocycles. The van der Waals surface area contributed by atoms with E-state index in [-0.39, 0.29) is 5.57 Å². The van der Waals surface area contributed by atoms with Gasteiger partial charge in [0, 0.05) is 5.02 Å². The van der Waals surface area contributed by atoms with Gasteiger partial charge in [-0.3, -0.25) is 14.9 Å². The van der Waals surface area contributed by atoms with Crippen LogP contribution in [0.25, 0.3) is 6.08 Å². The lowest BCUT2D eigenvalue weighted by Crippen LogP contribution is -2.54. The summed E-state index contributed by atoms with van der Waals surface area (Å²) in [5, 5.41) is 2.64. The molecule has 0 saturated carbocycles. The number of rotatable bonds is 3. The highest BCUT2D eigenvalue weighted by Gasteiger charge is 2.36. The number of urea groups is 1. The normalized spacial score (nSPS) is 16.2. The largest absolute Gasteiger partial charge is 0.497 e. The zero-order valence-corrected chi connectivity index (χ0v) is 13.9. The van der Waals surface area contributed by atoms with Gasteiger partial charge in [-0.2, -0.15) is 0 Å². The number of amides is 4. The number of carbonyl (C=O) groups is 3. The van der Waals surface area contributed by atoms with Crippen molar-refractivity contribution in [3.05, 3.63) is 64.7 Å². The number of nitrogens with zero attached hydrogens (tertiary/aromatic N) is 1. The van der Waals surface area contributed by atoms with Crippen LogP contribution in [0, 0.1) is 0 Å². The van der Waals surface area contributed by atoms with Crippen molar-refractivity contribution in [1.82, 2.24) is 5.32 Å². The molecule has 0 radical (unpaired) electrons. The Hall–Kier alpha value is -3.12. The molecular weight excluding hydrogens is 344 g/mol. The Morgan fingerprint density at radius 2 is 1.64 bits per heavy atom. The maximum Gasteiger partial charge on any atom is 0.335 e. The molecule has 0 aliphatic carbocycles. The fourth-order valence-corrected chi connectivity index (χ4v) is 2.47. The van der Waals surface area contributed by atoms with Gasteiger partial charge in [0.2, 0.25) is 0 Å². The van der Waals surface area contributed by atoms with E-state index in [1.807, 2.05) is 0 Å². The van der Waals surface area contributed by atoms with Gasteiger partial charge in [0.25, 0.3) is 11.8 Å². The summed E-state index contributed by atoms with van der Waals surface area (Å²) in [6.07, 6.45) is 1.42. The highest BCUT2D eigenvalue weighted by molar-refractivity contribution is 6.39. The van der Waals surface area contributed by atoms with E-state index >= 15 is 0 Å². The van der Waals surface area contributed by atoms with E-state index in [9.17, 15) is 14.4 Å². The molecular formula is C18H13ClN2O4. The average Bonchev–Trinajstić information content (AvgIpc) is 2.60. The van der Waals surface area contributed by atoms with E-state index in [1.54, 1.807) is 43.5 Å². The molecule has 25 heavy (non-hydrogen) atoms. The SMILES string of the molecule is COc1ccc(/C=C2/C(=O)NC(=O)N(c3ccc(Cl)cc3)C2=O)cc1. The van der Waals surface area contributed by atoms with Gasteiger partial charge in [-0.1, -0.05) is 23.7 Å². The average molecular weight is 357 g/mol. The van der Waals surface area contributed by atoms with E-state index in [0.717, 1.165) is 4.90 Å².